The van der Waals surface area contributed by atoms with Crippen LogP contribution in [0.5, 0.6) is 11.5 Å². The number of nitrogens with one attached hydrogen (secondary N) is 6. The average molecular weight is 1300 g/mol. The van der Waals surface area contributed by atoms with Crippen LogP contribution in [0.4, 0.5) is 9.59 Å². The lowest BCUT2D eigenvalue weighted by atomic mass is 10.0. The van der Waals surface area contributed by atoms with E-state index in [9.17, 15) is 26.4 Å². The van der Waals surface area contributed by atoms with E-state index in [1.165, 1.54) is 24.3 Å². The smallest absolute Gasteiger partial charge is 0.314 e. The van der Waals surface area contributed by atoms with Gasteiger partial charge in [0.15, 0.2) is 0 Å². The summed E-state index contributed by atoms with van der Waals surface area (Å²) in [6.07, 6.45) is 4.86. The Hall–Kier alpha value is -4.24. The van der Waals surface area contributed by atoms with Gasteiger partial charge in [0.25, 0.3) is 0 Å². The molecule has 470 valence electrons. The fourth-order valence-electron chi connectivity index (χ4n) is 10.2. The highest BCUT2D eigenvalue weighted by Gasteiger charge is 2.41. The van der Waals surface area contributed by atoms with Crippen molar-refractivity contribution in [3.8, 4) is 11.5 Å². The monoisotopic (exact) mass is 1300 g/mol. The molecule has 0 saturated carbocycles. The van der Waals surface area contributed by atoms with Gasteiger partial charge in [0.05, 0.1) is 68.7 Å². The van der Waals surface area contributed by atoms with E-state index in [1.807, 2.05) is 39.8 Å². The van der Waals surface area contributed by atoms with Gasteiger partial charge in [-0.05, 0) is 153 Å². The minimum Gasteiger partial charge on any atom is -0.486 e. The predicted octanol–water partition coefficient (Wildman–Crippen LogP) is 8.59. The Balaban J connectivity index is 0.668. The van der Waals surface area contributed by atoms with Gasteiger partial charge in [-0.15, -0.1) is 0 Å². The van der Waals surface area contributed by atoms with Gasteiger partial charge >= 0.3 is 12.1 Å². The maximum atomic E-state index is 13.6. The van der Waals surface area contributed by atoms with E-state index in [-0.39, 0.29) is 124 Å². The van der Waals surface area contributed by atoms with E-state index in [0.717, 1.165) is 61.0 Å². The van der Waals surface area contributed by atoms with Crippen molar-refractivity contribution < 1.29 is 54.8 Å². The molecule has 1 fully saturated rings. The normalized spacial score (nSPS) is 18.7. The summed E-state index contributed by atoms with van der Waals surface area (Å²) in [5, 5.41) is 13.3. The van der Waals surface area contributed by atoms with Gasteiger partial charge < -0.3 is 55.4 Å². The molecule has 20 nitrogen and oxygen atoms in total. The zero-order valence-electron chi connectivity index (χ0n) is 48.6. The van der Waals surface area contributed by atoms with Crippen molar-refractivity contribution >= 4 is 78.5 Å². The van der Waals surface area contributed by atoms with Crippen LogP contribution >= 0.6 is 46.4 Å². The standard InChI is InChI=1S/C59H82Cl4N8O12S2/c1-38(2)53(69-84(74,75)45-13-9-43(10-14-45)82-56-18-17-47-49(56)30-40(60)32-51(47)62)36-80-28-26-78-24-21-67-58(72)65-19-5-6-20-66-59(73)68-22-25-79-27-29-81-37-54(39(3)4)70-85(76,77)46-15-11-44(12-16-46)83-57-50-31-41(61)33-52(63)48(50)34-55(57)71-23-7-8-42(64)35-71/h9-16,30-33,38-39,42,53-57,69-70H,5-8,17-29,34-37,64H2,1-4H3,(H2,65,67,72)(H2,66,68,73)/t42-,53?,54?,55+,56-,57+/m1/s1. The highest BCUT2D eigenvalue weighted by atomic mass is 35.5. The van der Waals surface area contributed by atoms with Gasteiger partial charge in [-0.2, -0.15) is 0 Å². The Labute approximate surface area is 520 Å². The van der Waals surface area contributed by atoms with Crippen molar-refractivity contribution in [2.75, 3.05) is 92.1 Å². The number of rotatable bonds is 34. The fourth-order valence-corrected chi connectivity index (χ4v) is 14.2. The summed E-state index contributed by atoms with van der Waals surface area (Å²) in [5.74, 6) is 0.925. The first-order valence-electron chi connectivity index (χ1n) is 29.0. The molecule has 26 heteroatoms. The summed E-state index contributed by atoms with van der Waals surface area (Å²) in [7, 11) is -7.76. The van der Waals surface area contributed by atoms with Crippen molar-refractivity contribution in [1.82, 2.24) is 35.6 Å². The third kappa shape index (κ3) is 20.9. The molecule has 1 saturated heterocycles. The quantitative estimate of drug-likeness (QED) is 0.0216. The molecule has 7 rings (SSSR count). The molecule has 4 amide bonds. The number of carbonyl (C=O) groups is 2. The number of sulfonamides is 2. The number of benzene rings is 4. The van der Waals surface area contributed by atoms with Crippen molar-refractivity contribution in [2.45, 2.75) is 119 Å². The summed E-state index contributed by atoms with van der Waals surface area (Å²) in [4.78, 5) is 27.0. The number of fused-ring (bicyclic) bond motifs is 2. The number of urea groups is 2. The topological polar surface area (TPSA) is 259 Å². The number of hydrogen-bond donors (Lipinski definition) is 7. The van der Waals surface area contributed by atoms with E-state index in [4.69, 9.17) is 80.6 Å². The molecule has 0 spiro atoms. The number of nitrogens with zero attached hydrogens (tertiary/aromatic N) is 1. The number of amides is 4. The van der Waals surface area contributed by atoms with Crippen LogP contribution in [0.15, 0.2) is 82.6 Å². The van der Waals surface area contributed by atoms with Gasteiger partial charge in [-0.25, -0.2) is 35.9 Å². The first-order valence-corrected chi connectivity index (χ1v) is 33.5. The van der Waals surface area contributed by atoms with Crippen LogP contribution in [0.2, 0.25) is 20.1 Å². The van der Waals surface area contributed by atoms with Crippen LogP contribution in [-0.4, -0.2) is 150 Å². The minimum atomic E-state index is -3.91. The van der Waals surface area contributed by atoms with Crippen LogP contribution in [0.3, 0.4) is 0 Å². The molecular formula is C59H82Cl4N8O12S2. The van der Waals surface area contributed by atoms with E-state index < -0.39 is 32.1 Å². The van der Waals surface area contributed by atoms with Crippen molar-refractivity contribution in [3.63, 3.8) is 0 Å². The second-order valence-electron chi connectivity index (χ2n) is 22.1. The SMILES string of the molecule is CC(C)C(COCCOCCNC(=O)NCCCCNC(=O)NCCOCCOCC(NS(=O)(=O)c1ccc(O[C@H]2c3cc(Cl)cc(Cl)c3C[C@@H]2N2CCC[C@@H](N)C2)cc1)C(C)C)NS(=O)(=O)c1ccc(O[C@@H]2CCc3c(Cl)cc(Cl)cc32)cc1. The van der Waals surface area contributed by atoms with Crippen LogP contribution in [0, 0.1) is 11.8 Å². The number of nitrogens with two attached hydrogens (primary N) is 1. The van der Waals surface area contributed by atoms with Crippen LogP contribution in [-0.2, 0) is 51.8 Å². The molecule has 0 aromatic heterocycles. The number of halogens is 4. The Kier molecular flexibility index (Phi) is 26.8. The lowest BCUT2D eigenvalue weighted by Crippen LogP contribution is -2.49. The minimum absolute atomic E-state index is 0.00227. The molecule has 3 aliphatic rings. The fraction of sp³-hybridized carbons (Fsp3) is 0.559. The third-order valence-corrected chi connectivity index (χ3v) is 19.2. The summed E-state index contributed by atoms with van der Waals surface area (Å²) >= 11 is 25.7. The zero-order valence-corrected chi connectivity index (χ0v) is 53.3. The Bertz CT molecular complexity index is 3030. The Morgan fingerprint density at radius 3 is 1.58 bits per heavy atom. The van der Waals surface area contributed by atoms with E-state index >= 15 is 0 Å². The second-order valence-corrected chi connectivity index (χ2v) is 27.2. The summed E-state index contributed by atoms with van der Waals surface area (Å²) in [5.41, 5.74) is 10.2. The predicted molar refractivity (Wildman–Crippen MR) is 330 cm³/mol. The van der Waals surface area contributed by atoms with Crippen molar-refractivity contribution in [2.24, 2.45) is 17.6 Å². The summed E-state index contributed by atoms with van der Waals surface area (Å²) in [6, 6.07) is 18.3. The van der Waals surface area contributed by atoms with Crippen LogP contribution in [0.25, 0.3) is 0 Å². The van der Waals surface area contributed by atoms with Gasteiger partial charge in [0.2, 0.25) is 20.0 Å². The Morgan fingerprint density at radius 1 is 0.600 bits per heavy atom. The molecule has 6 atom stereocenters. The second kappa shape index (κ2) is 33.4. The first kappa shape index (κ1) is 68.3. The van der Waals surface area contributed by atoms with Crippen LogP contribution < -0.4 is 45.9 Å². The molecule has 8 N–H and O–H groups in total. The van der Waals surface area contributed by atoms with Gasteiger partial charge in [-0.1, -0.05) is 74.1 Å². The average Bonchev–Trinajstić information content (AvgIpc) is 3.68. The zero-order chi connectivity index (χ0) is 61.1. The molecule has 85 heavy (non-hydrogen) atoms. The van der Waals surface area contributed by atoms with Gasteiger partial charge in [-0.3, -0.25) is 4.90 Å². The Morgan fingerprint density at radius 2 is 1.07 bits per heavy atom. The number of ether oxygens (including phenoxy) is 6. The maximum Gasteiger partial charge on any atom is 0.314 e. The molecule has 0 radical (unpaired) electrons. The largest absolute Gasteiger partial charge is 0.486 e. The number of hydrogen-bond acceptors (Lipinski definition) is 14. The van der Waals surface area contributed by atoms with E-state index in [2.05, 4.69) is 35.6 Å². The number of unbranched alkanes of at least 4 members (excludes halogenated alkanes) is 1. The molecule has 0 bridgehead atoms. The van der Waals surface area contributed by atoms with Gasteiger partial charge in [0, 0.05) is 76.5 Å². The van der Waals surface area contributed by atoms with Crippen molar-refractivity contribution in [3.05, 3.63) is 115 Å². The highest BCUT2D eigenvalue weighted by molar-refractivity contribution is 7.89. The third-order valence-electron chi connectivity index (χ3n) is 15.0. The lowest BCUT2D eigenvalue weighted by molar-refractivity contribution is 0.0381. The molecule has 2 unspecified atom stereocenters. The van der Waals surface area contributed by atoms with E-state index in [0.29, 0.717) is 63.9 Å². The van der Waals surface area contributed by atoms with Crippen molar-refractivity contribution in [1.29, 1.82) is 0 Å². The molecule has 2 aliphatic carbocycles. The molecular weight excluding hydrogens is 1220 g/mol. The number of piperidine rings is 1. The highest BCUT2D eigenvalue weighted by Crippen LogP contribution is 2.44. The maximum absolute atomic E-state index is 13.6. The van der Waals surface area contributed by atoms with Gasteiger partial charge in [0.1, 0.15) is 23.7 Å². The first-order chi connectivity index (χ1) is 40.7. The lowest BCUT2D eigenvalue weighted by Gasteiger charge is -2.38. The summed E-state index contributed by atoms with van der Waals surface area (Å²) < 4.78 is 94.8. The molecule has 1 aliphatic heterocycles. The number of carbonyl (C=O) groups excluding carboxylic acids is 2. The molecule has 1 heterocycles. The number of likely N-dealkylation sites (tertiary alicyclic amines) is 1. The molecule has 4 aromatic rings. The van der Waals surface area contributed by atoms with E-state index in [1.54, 1.807) is 36.4 Å². The summed E-state index contributed by atoms with van der Waals surface area (Å²) in [6.45, 7) is 12.4. The molecule has 4 aromatic carbocycles. The van der Waals surface area contributed by atoms with Crippen LogP contribution in [0.1, 0.15) is 94.3 Å².